The Labute approximate surface area is 162 Å². The molecule has 0 aromatic carbocycles. The molecule has 1 fully saturated rings. The first-order valence-corrected chi connectivity index (χ1v) is 9.32. The second-order valence-electron chi connectivity index (χ2n) is 7.16. The largest absolute Gasteiger partial charge is 0.444 e. The zero-order valence-corrected chi connectivity index (χ0v) is 17.0. The molecule has 0 unspecified atom stereocenters. The third-order valence-electron chi connectivity index (χ3n) is 3.86. The molecular weight excluding hydrogens is 374 g/mol. The highest BCUT2D eigenvalue weighted by molar-refractivity contribution is 8.15. The summed E-state index contributed by atoms with van der Waals surface area (Å²) in [6.07, 6.45) is 1.62. The number of ether oxygens (including phenoxy) is 1. The Morgan fingerprint density at radius 2 is 1.93 bits per heavy atom. The number of thioether (sulfide) groups is 1. The number of hydrogen-bond donors (Lipinski definition) is 1. The summed E-state index contributed by atoms with van der Waals surface area (Å²) in [7, 11) is 1.33. The monoisotopic (exact) mass is 399 g/mol. The topological polar surface area (TPSA) is 113 Å². The van der Waals surface area contributed by atoms with Crippen molar-refractivity contribution in [1.29, 1.82) is 0 Å². The van der Waals surface area contributed by atoms with Crippen LogP contribution in [0.4, 0.5) is 4.79 Å². The lowest BCUT2D eigenvalue weighted by Crippen LogP contribution is -2.53. The van der Waals surface area contributed by atoms with Gasteiger partial charge in [-0.3, -0.25) is 14.9 Å². The predicted molar refractivity (Wildman–Crippen MR) is 101 cm³/mol. The summed E-state index contributed by atoms with van der Waals surface area (Å²) in [4.78, 5) is 41.5. The van der Waals surface area contributed by atoms with E-state index in [1.54, 1.807) is 4.90 Å². The lowest BCUT2D eigenvalue weighted by molar-refractivity contribution is -0.133. The maximum atomic E-state index is 12.2. The minimum Gasteiger partial charge on any atom is -0.444 e. The summed E-state index contributed by atoms with van der Waals surface area (Å²) < 4.78 is 5.40. The van der Waals surface area contributed by atoms with Gasteiger partial charge in [0.2, 0.25) is 5.91 Å². The van der Waals surface area contributed by atoms with E-state index in [-0.39, 0.29) is 12.0 Å². The van der Waals surface area contributed by atoms with Crippen LogP contribution in [-0.2, 0) is 19.2 Å². The molecule has 2 aliphatic heterocycles. The number of hydrazone groups is 1. The van der Waals surface area contributed by atoms with Crippen LogP contribution in [0.1, 0.15) is 40.5 Å². The number of rotatable bonds is 2. The van der Waals surface area contributed by atoms with E-state index in [0.29, 0.717) is 31.1 Å². The molecule has 10 nitrogen and oxygen atoms in total. The van der Waals surface area contributed by atoms with Crippen molar-refractivity contribution in [2.75, 3.05) is 20.2 Å². The lowest BCUT2D eigenvalue weighted by atomic mass is 10.0. The van der Waals surface area contributed by atoms with Crippen LogP contribution < -0.4 is 5.32 Å². The highest BCUT2D eigenvalue weighted by Crippen LogP contribution is 2.44. The van der Waals surface area contributed by atoms with Crippen LogP contribution in [0.2, 0.25) is 0 Å². The fourth-order valence-corrected chi connectivity index (χ4v) is 4.03. The number of piperidine rings is 1. The normalized spacial score (nSPS) is 19.2. The summed E-state index contributed by atoms with van der Waals surface area (Å²) in [5.74, 6) is -0.738. The maximum Gasteiger partial charge on any atom is 0.410 e. The van der Waals surface area contributed by atoms with Crippen molar-refractivity contribution in [3.05, 3.63) is 0 Å². The van der Waals surface area contributed by atoms with Gasteiger partial charge in [-0.05, 0) is 20.8 Å². The number of carbonyl (C=O) groups is 3. The van der Waals surface area contributed by atoms with Crippen LogP contribution in [0, 0.1) is 0 Å². The maximum absolute atomic E-state index is 12.2. The Bertz CT molecular complexity index is 665. The van der Waals surface area contributed by atoms with E-state index in [1.807, 2.05) is 20.8 Å². The highest BCUT2D eigenvalue weighted by Gasteiger charge is 2.49. The van der Waals surface area contributed by atoms with Gasteiger partial charge in [0.25, 0.3) is 5.91 Å². The highest BCUT2D eigenvalue weighted by atomic mass is 32.2. The summed E-state index contributed by atoms with van der Waals surface area (Å²) in [6.45, 7) is 7.72. The number of nitrogens with one attached hydrogen (secondary N) is 1. The van der Waals surface area contributed by atoms with Crippen molar-refractivity contribution in [3.63, 3.8) is 0 Å². The molecule has 0 aromatic rings. The molecule has 1 N–H and O–H groups in total. The number of nitrogens with zero attached hydrogens (tertiary/aromatic N) is 4. The van der Waals surface area contributed by atoms with Gasteiger partial charge >= 0.3 is 6.09 Å². The minimum atomic E-state index is -0.634. The van der Waals surface area contributed by atoms with Crippen molar-refractivity contribution in [3.8, 4) is 0 Å². The van der Waals surface area contributed by atoms with Gasteiger partial charge in [0, 0.05) is 32.9 Å². The van der Waals surface area contributed by atoms with E-state index in [9.17, 15) is 14.4 Å². The molecule has 0 saturated carbocycles. The standard InChI is InChI=1S/C16H25N5O5S/c1-11(22)21-16(27-13(19-21)18-12(23)10-17-25-5)6-8-20(9-7-16)14(24)26-15(2,3)4/h10H,6-9H2,1-5H3,(H,18,19,23)/b17-10+. The molecule has 11 heteroatoms. The first-order chi connectivity index (χ1) is 12.6. The van der Waals surface area contributed by atoms with Crippen molar-refractivity contribution >= 4 is 41.1 Å². The third kappa shape index (κ3) is 5.34. The van der Waals surface area contributed by atoms with Crippen LogP contribution in [-0.4, -0.2) is 69.9 Å². The van der Waals surface area contributed by atoms with Crippen LogP contribution in [0.5, 0.6) is 0 Å². The average molecular weight is 399 g/mol. The van der Waals surface area contributed by atoms with Gasteiger partial charge in [-0.15, -0.1) is 5.10 Å². The number of carbonyl (C=O) groups excluding carboxylic acids is 3. The molecule has 2 rings (SSSR count). The molecule has 2 heterocycles. The molecule has 3 amide bonds. The molecule has 0 aromatic heterocycles. The number of likely N-dealkylation sites (tertiary alicyclic amines) is 1. The van der Waals surface area contributed by atoms with Gasteiger partial charge in [0.1, 0.15) is 23.8 Å². The van der Waals surface area contributed by atoms with Gasteiger partial charge in [0.15, 0.2) is 5.17 Å². The molecule has 0 radical (unpaired) electrons. The zero-order chi connectivity index (χ0) is 20.2. The van der Waals surface area contributed by atoms with Crippen LogP contribution in [0.3, 0.4) is 0 Å². The molecule has 0 aliphatic carbocycles. The Balaban J connectivity index is 2.03. The Hall–Kier alpha value is -2.30. The van der Waals surface area contributed by atoms with E-state index < -0.39 is 16.4 Å². The van der Waals surface area contributed by atoms with Crippen molar-refractivity contribution < 1.29 is 24.0 Å². The van der Waals surface area contributed by atoms with Gasteiger partial charge in [-0.25, -0.2) is 9.80 Å². The fraction of sp³-hybridized carbons (Fsp3) is 0.688. The van der Waals surface area contributed by atoms with Crippen molar-refractivity contribution in [2.24, 2.45) is 10.3 Å². The fourth-order valence-electron chi connectivity index (χ4n) is 2.75. The zero-order valence-electron chi connectivity index (χ0n) is 16.1. The quantitative estimate of drug-likeness (QED) is 0.554. The first-order valence-electron chi connectivity index (χ1n) is 8.50. The molecule has 27 heavy (non-hydrogen) atoms. The summed E-state index contributed by atoms with van der Waals surface area (Å²) in [5.41, 5.74) is -0.565. The van der Waals surface area contributed by atoms with Crippen molar-refractivity contribution in [1.82, 2.24) is 15.2 Å². The van der Waals surface area contributed by atoms with Gasteiger partial charge < -0.3 is 14.5 Å². The average Bonchev–Trinajstić information content (AvgIpc) is 2.89. The molecular formula is C16H25N5O5S. The Morgan fingerprint density at radius 1 is 1.30 bits per heavy atom. The lowest BCUT2D eigenvalue weighted by Gasteiger charge is -2.41. The van der Waals surface area contributed by atoms with E-state index in [0.717, 1.165) is 6.21 Å². The SMILES string of the molecule is CO/N=C/C(=O)NC1=NN(C(C)=O)C2(CCN(C(=O)OC(C)(C)C)CC2)S1. The third-order valence-corrected chi connectivity index (χ3v) is 5.20. The molecule has 0 bridgehead atoms. The number of hydrogen-bond acceptors (Lipinski definition) is 8. The minimum absolute atomic E-state index is 0.233. The molecule has 2 aliphatic rings. The summed E-state index contributed by atoms with van der Waals surface area (Å²) >= 11 is 1.30. The Morgan fingerprint density at radius 3 is 2.44 bits per heavy atom. The van der Waals surface area contributed by atoms with Crippen LogP contribution in [0.25, 0.3) is 0 Å². The first kappa shape index (κ1) is 21.0. The van der Waals surface area contributed by atoms with E-state index >= 15 is 0 Å². The van der Waals surface area contributed by atoms with E-state index in [2.05, 4.69) is 20.4 Å². The molecule has 1 spiro atoms. The molecule has 150 valence electrons. The number of oxime groups is 1. The van der Waals surface area contributed by atoms with E-state index in [4.69, 9.17) is 4.74 Å². The van der Waals surface area contributed by atoms with Gasteiger partial charge in [-0.2, -0.15) is 0 Å². The molecule has 0 atom stereocenters. The summed E-state index contributed by atoms with van der Waals surface area (Å²) in [6, 6.07) is 0. The Kier molecular flexibility index (Phi) is 6.34. The van der Waals surface area contributed by atoms with Gasteiger partial charge in [-0.1, -0.05) is 16.9 Å². The van der Waals surface area contributed by atoms with Crippen molar-refractivity contribution in [2.45, 2.75) is 51.0 Å². The number of amides is 3. The summed E-state index contributed by atoms with van der Waals surface area (Å²) in [5, 5.41) is 11.9. The smallest absolute Gasteiger partial charge is 0.410 e. The van der Waals surface area contributed by atoms with Crippen LogP contribution in [0.15, 0.2) is 10.3 Å². The van der Waals surface area contributed by atoms with E-state index in [1.165, 1.54) is 30.8 Å². The van der Waals surface area contributed by atoms with Gasteiger partial charge in [0.05, 0.1) is 0 Å². The second-order valence-corrected chi connectivity index (χ2v) is 8.51. The second kappa shape index (κ2) is 8.15. The molecule has 1 saturated heterocycles. The van der Waals surface area contributed by atoms with Crippen LogP contribution >= 0.6 is 11.8 Å². The predicted octanol–water partition coefficient (Wildman–Crippen LogP) is 1.33. The number of amidine groups is 1.